The van der Waals surface area contributed by atoms with Crippen LogP contribution in [0.25, 0.3) is 43.8 Å². The van der Waals surface area contributed by atoms with Crippen molar-refractivity contribution in [2.24, 2.45) is 0 Å². The van der Waals surface area contributed by atoms with Gasteiger partial charge < -0.3 is 66.3 Å². The van der Waals surface area contributed by atoms with Gasteiger partial charge >= 0.3 is 11.9 Å². The van der Waals surface area contributed by atoms with Crippen molar-refractivity contribution in [1.29, 1.82) is 0 Å². The Morgan fingerprint density at radius 1 is 0.190 bits per heavy atom. The van der Waals surface area contributed by atoms with Crippen LogP contribution < -0.4 is 47.4 Å². The van der Waals surface area contributed by atoms with Crippen LogP contribution in [0.5, 0.6) is 57.5 Å². The van der Waals surface area contributed by atoms with E-state index >= 15 is 0 Å². The van der Waals surface area contributed by atoms with Gasteiger partial charge in [0, 0.05) is 71.3 Å². The number of esters is 2. The number of carbonyl (C=O) groups excluding carboxylic acids is 10. The first-order chi connectivity index (χ1) is 70.5. The minimum atomic E-state index is -0.461. The first-order valence-corrected chi connectivity index (χ1v) is 46.5. The Bertz CT molecular complexity index is 6470. The lowest BCUT2D eigenvalue weighted by Crippen LogP contribution is -2.18. The van der Waals surface area contributed by atoms with Crippen molar-refractivity contribution in [2.75, 3.05) is 112 Å². The standard InChI is InChI=1S/C22H18O4.C17H20O2.C14H14O2.C13H12O2.C12H14O4.C12H12O2.2C10H10O2.C9H10O2.C4H10O2/c1-15(23)16-3-5-19(6-4-16)22(24)26-21-13-9-18(10-14-21)17-7-11-20(25-2)12-8-17;1-17(2,13-5-9-15(18-3)10-6-13)14-7-11-16(19-4)12-8-14;1-15-13-7-3-11(4-8-13)12-5-9-14(16-2)10-6-12;1-9(14)10-3-4-12-8-13(15-2)6-5-11(12)7-10;1-9(13)10-3-5-11(6-4-10)12(14)16-8-7-15-2;1-13-11-5-3-10-8-12(14-2)6-4-9(10)7-11;1-7(11)9-3-5-10(6-4-9)8(2)12;1-7(11)9-4-3-5-10(6-9)8(2)12;1-7(10)8-3-5-9(11-2)6-4-8;1-5-3-4-6-2/h3-14H,1-2H3;5-12H,1-4H3;3-10H,1-2H3;3-8H,1-2H3;3-6H,7-8H2,1-2H3;3-8H,1-2H3;2*3-6H,1-2H3;3-6H,1-2H3;3-4H2,1-2H3. The number of ether oxygens (including phenoxy) is 14. The summed E-state index contributed by atoms with van der Waals surface area (Å²) in [6.07, 6.45) is 0. The molecule has 0 radical (unpaired) electrons. The SMILES string of the molecule is CC(=O)c1ccc(C(C)=O)cc1.CC(=O)c1cccc(C(C)=O)c1.COCCOC.COCCOC(=O)c1ccc(C(C)=O)cc1.COc1ccc(-c2ccc(OC(=O)c3ccc(C(C)=O)cc3)cc2)cc1.COc1ccc(-c2ccc(OC)cc2)cc1.COc1ccc(C(C)(C)c2ccc(OC)cc2)cc1.COc1ccc(C(C)=O)cc1.COc1ccc2cc(C(C)=O)ccc2c1.COc1ccc2cc(OC)ccc2c1. The second-order valence-corrected chi connectivity index (χ2v) is 32.8. The van der Waals surface area contributed by atoms with E-state index in [4.69, 9.17) is 56.8 Å². The van der Waals surface area contributed by atoms with E-state index in [1.54, 1.807) is 226 Å². The lowest BCUT2D eigenvalue weighted by atomic mass is 9.78. The number of hydrogen-bond donors (Lipinski definition) is 0. The van der Waals surface area contributed by atoms with E-state index < -0.39 is 11.9 Å². The van der Waals surface area contributed by atoms with Crippen molar-refractivity contribution in [3.05, 3.63) is 406 Å². The predicted molar refractivity (Wildman–Crippen MR) is 579 cm³/mol. The highest BCUT2D eigenvalue weighted by atomic mass is 16.6. The second-order valence-electron chi connectivity index (χ2n) is 32.8. The van der Waals surface area contributed by atoms with Gasteiger partial charge in [-0.05, 0) is 280 Å². The summed E-state index contributed by atoms with van der Waals surface area (Å²) < 4.78 is 70.5. The fourth-order valence-corrected chi connectivity index (χ4v) is 13.3. The first-order valence-electron chi connectivity index (χ1n) is 46.5. The molecule has 15 rings (SSSR count). The summed E-state index contributed by atoms with van der Waals surface area (Å²) in [4.78, 5) is 111. The van der Waals surface area contributed by atoms with Gasteiger partial charge in [0.25, 0.3) is 0 Å². The van der Waals surface area contributed by atoms with E-state index in [9.17, 15) is 47.9 Å². The van der Waals surface area contributed by atoms with Gasteiger partial charge in [-0.1, -0.05) is 184 Å². The smallest absolute Gasteiger partial charge is 0.343 e. The molecule has 24 nitrogen and oxygen atoms in total. The molecular formula is C123H130O24. The molecule has 0 saturated heterocycles. The van der Waals surface area contributed by atoms with Crippen LogP contribution in [0.15, 0.2) is 340 Å². The fourth-order valence-electron chi connectivity index (χ4n) is 13.3. The normalized spacial score (nSPS) is 10.0. The molecule has 766 valence electrons. The van der Waals surface area contributed by atoms with Gasteiger partial charge in [-0.2, -0.15) is 0 Å². The van der Waals surface area contributed by atoms with Crippen LogP contribution >= 0.6 is 0 Å². The maximum atomic E-state index is 12.2. The Balaban J connectivity index is 0.000000254. The molecule has 0 aromatic heterocycles. The third-order valence-electron chi connectivity index (χ3n) is 22.3. The van der Waals surface area contributed by atoms with Gasteiger partial charge in [-0.25, -0.2) is 9.59 Å². The van der Waals surface area contributed by atoms with Crippen LogP contribution in [0.4, 0.5) is 0 Å². The zero-order chi connectivity index (χ0) is 108. The number of rotatable bonds is 30. The molecule has 0 N–H and O–H groups in total. The molecule has 15 aromatic rings. The van der Waals surface area contributed by atoms with Gasteiger partial charge in [0.05, 0.1) is 94.9 Å². The maximum absolute atomic E-state index is 12.2. The Morgan fingerprint density at radius 3 is 0.646 bits per heavy atom. The minimum Gasteiger partial charge on any atom is -0.497 e. The number of Topliss-reactive ketones (excluding diaryl/α,β-unsaturated/α-hetero) is 8. The molecule has 15 aromatic carbocycles. The van der Waals surface area contributed by atoms with Gasteiger partial charge in [-0.15, -0.1) is 0 Å². The van der Waals surface area contributed by atoms with Crippen LogP contribution in [-0.4, -0.2) is 170 Å². The largest absolute Gasteiger partial charge is 0.497 e. The summed E-state index contributed by atoms with van der Waals surface area (Å²) in [5.41, 5.74) is 12.8. The second kappa shape index (κ2) is 63.3. The number of hydrogen-bond acceptors (Lipinski definition) is 24. The molecule has 0 unspecified atom stereocenters. The highest BCUT2D eigenvalue weighted by Gasteiger charge is 2.24. The molecule has 24 heteroatoms. The molecule has 0 heterocycles. The van der Waals surface area contributed by atoms with Crippen molar-refractivity contribution in [2.45, 2.75) is 74.7 Å². The van der Waals surface area contributed by atoms with E-state index in [0.29, 0.717) is 75.6 Å². The van der Waals surface area contributed by atoms with Gasteiger partial charge in [0.1, 0.15) is 64.1 Å². The monoisotopic (exact) mass is 1990 g/mol. The Labute approximate surface area is 861 Å². The zero-order valence-electron chi connectivity index (χ0n) is 87.5. The third kappa shape index (κ3) is 40.5. The summed E-state index contributed by atoms with van der Waals surface area (Å²) in [5.74, 6) is 7.36. The minimum absolute atomic E-state index is 0.0156. The molecule has 0 bridgehead atoms. The summed E-state index contributed by atoms with van der Waals surface area (Å²) >= 11 is 0. The van der Waals surface area contributed by atoms with Gasteiger partial charge in [0.2, 0.25) is 0 Å². The molecule has 0 spiro atoms. The van der Waals surface area contributed by atoms with E-state index in [1.165, 1.54) is 70.9 Å². The summed E-state index contributed by atoms with van der Waals surface area (Å²) in [6, 6.07) is 104. The van der Waals surface area contributed by atoms with Crippen LogP contribution in [-0.2, 0) is 24.4 Å². The van der Waals surface area contributed by atoms with Crippen molar-refractivity contribution in [3.63, 3.8) is 0 Å². The average Bonchev–Trinajstić information content (AvgIpc) is 0.801. The molecular weight excluding hydrogens is 1860 g/mol. The molecule has 0 amide bonds. The highest BCUT2D eigenvalue weighted by molar-refractivity contribution is 6.02. The van der Waals surface area contributed by atoms with Crippen molar-refractivity contribution in [1.82, 2.24) is 0 Å². The predicted octanol–water partition coefficient (Wildman–Crippen LogP) is 26.1. The van der Waals surface area contributed by atoms with Crippen molar-refractivity contribution >= 4 is 79.7 Å². The lowest BCUT2D eigenvalue weighted by molar-refractivity contribution is 0.0387. The maximum Gasteiger partial charge on any atom is 0.343 e. The molecule has 0 aliphatic carbocycles. The molecule has 0 saturated carbocycles. The molecule has 0 fully saturated rings. The number of carbonyl (C=O) groups is 10. The number of methoxy groups -OCH3 is 12. The zero-order valence-corrected chi connectivity index (χ0v) is 87.5. The number of ketones is 8. The molecule has 147 heavy (non-hydrogen) atoms. The highest BCUT2D eigenvalue weighted by Crippen LogP contribution is 2.35. The molecule has 0 aliphatic rings. The number of fused-ring (bicyclic) bond motifs is 2. The topological polar surface area (TPSA) is 300 Å². The van der Waals surface area contributed by atoms with E-state index in [-0.39, 0.29) is 58.3 Å². The van der Waals surface area contributed by atoms with Crippen molar-refractivity contribution in [3.8, 4) is 79.7 Å². The average molecular weight is 1990 g/mol. The molecule has 0 atom stereocenters. The molecule has 0 aliphatic heterocycles. The van der Waals surface area contributed by atoms with Crippen LogP contribution in [0.1, 0.15) is 184 Å². The first kappa shape index (κ1) is 119. The summed E-state index contributed by atoms with van der Waals surface area (Å²) in [5, 5.41) is 4.46. The van der Waals surface area contributed by atoms with Gasteiger partial charge in [0.15, 0.2) is 46.3 Å². The summed E-state index contributed by atoms with van der Waals surface area (Å²) in [6.45, 7) is 18.5. The van der Waals surface area contributed by atoms with E-state index in [2.05, 4.69) is 47.6 Å². The number of benzene rings is 15. The fraction of sp³-hybridized carbons (Fsp3) is 0.220. The Morgan fingerprint density at radius 2 is 0.388 bits per heavy atom. The lowest BCUT2D eigenvalue weighted by Gasteiger charge is -2.26. The summed E-state index contributed by atoms with van der Waals surface area (Å²) in [7, 11) is 19.8. The van der Waals surface area contributed by atoms with Crippen LogP contribution in [0.2, 0.25) is 0 Å². The van der Waals surface area contributed by atoms with Crippen molar-refractivity contribution < 1.29 is 114 Å². The quantitative estimate of drug-likeness (QED) is 0.0175. The van der Waals surface area contributed by atoms with Gasteiger partial charge in [-0.3, -0.25) is 38.4 Å². The van der Waals surface area contributed by atoms with Crippen LogP contribution in [0.3, 0.4) is 0 Å². The van der Waals surface area contributed by atoms with Crippen LogP contribution in [0, 0.1) is 0 Å². The Kier molecular flexibility index (Phi) is 51.2. The third-order valence-corrected chi connectivity index (χ3v) is 22.3. The van der Waals surface area contributed by atoms with E-state index in [0.717, 1.165) is 90.0 Å². The Hall–Kier alpha value is -16.8. The van der Waals surface area contributed by atoms with E-state index in [1.807, 2.05) is 182 Å².